The van der Waals surface area contributed by atoms with Crippen molar-refractivity contribution in [3.8, 4) is 44.5 Å². The van der Waals surface area contributed by atoms with Gasteiger partial charge in [-0.1, -0.05) is 157 Å². The Morgan fingerprint density at radius 1 is 0.356 bits per heavy atom. The van der Waals surface area contributed by atoms with Crippen molar-refractivity contribution in [2.24, 2.45) is 0 Å². The van der Waals surface area contributed by atoms with Gasteiger partial charge in [0.2, 0.25) is 0 Å². The molecule has 8 aromatic carbocycles. The molecular formula is C44H28O. The van der Waals surface area contributed by atoms with Crippen molar-refractivity contribution < 1.29 is 23.6 Å². The lowest BCUT2D eigenvalue weighted by molar-refractivity contribution is 0.669. The van der Waals surface area contributed by atoms with Crippen LogP contribution in [-0.2, 0) is 0 Å². The van der Waals surface area contributed by atoms with Crippen molar-refractivity contribution in [3.05, 3.63) is 170 Å². The fourth-order valence-corrected chi connectivity index (χ4v) is 6.42. The van der Waals surface area contributed by atoms with Crippen molar-refractivity contribution in [2.45, 2.75) is 0 Å². The molecule has 0 N–H and O–H groups in total. The molecule has 0 fully saturated rings. The molecule has 9 aromatic rings. The first kappa shape index (κ1) is 15.2. The van der Waals surface area contributed by atoms with Gasteiger partial charge >= 0.3 is 0 Å². The number of fused-ring (bicyclic) bond motifs is 5. The molecule has 0 aliphatic heterocycles. The third kappa shape index (κ3) is 4.02. The van der Waals surface area contributed by atoms with E-state index >= 15 is 0 Å². The molecule has 0 saturated heterocycles. The van der Waals surface area contributed by atoms with Crippen molar-refractivity contribution in [3.63, 3.8) is 0 Å². The first-order valence-corrected chi connectivity index (χ1v) is 14.3. The zero-order chi connectivity index (χ0) is 41.9. The molecular weight excluding hydrogens is 544 g/mol. The molecule has 9 rings (SSSR count). The van der Waals surface area contributed by atoms with Crippen molar-refractivity contribution in [2.75, 3.05) is 0 Å². The Bertz CT molecular complexity index is 3220. The van der Waals surface area contributed by atoms with E-state index in [1.807, 2.05) is 36.4 Å². The molecule has 0 atom stereocenters. The van der Waals surface area contributed by atoms with Crippen LogP contribution in [0.2, 0.25) is 0 Å². The minimum Gasteiger partial charge on any atom is -0.456 e. The van der Waals surface area contributed by atoms with Gasteiger partial charge in [-0.2, -0.15) is 0 Å². The minimum atomic E-state index is -0.646. The average Bonchev–Trinajstić information content (AvgIpc) is 3.64. The molecule has 0 unspecified atom stereocenters. The van der Waals surface area contributed by atoms with Crippen LogP contribution < -0.4 is 0 Å². The van der Waals surface area contributed by atoms with E-state index in [0.717, 1.165) is 0 Å². The van der Waals surface area contributed by atoms with E-state index in [-0.39, 0.29) is 34.3 Å². The number of furan rings is 1. The van der Waals surface area contributed by atoms with Gasteiger partial charge in [-0.15, -0.1) is 0 Å². The summed E-state index contributed by atoms with van der Waals surface area (Å²) in [6.45, 7) is 0. The third-order valence-electron chi connectivity index (χ3n) is 8.18. The van der Waals surface area contributed by atoms with Gasteiger partial charge in [-0.05, 0) is 78.2 Å². The monoisotopic (exact) mass is 586 g/mol. The van der Waals surface area contributed by atoms with Crippen molar-refractivity contribution >= 4 is 43.5 Å². The second-order valence-electron chi connectivity index (χ2n) is 10.6. The standard InChI is InChI=1S/C44H28O/c1-3-15-29(16-4-1)31-19-7-8-20-33(31)41-34-21-9-11-23-36(34)42(37-24-12-10-22-35(37)41)38-26-14-28-40-44(38)43-32(25-13-27-39(43)45-40)30-17-5-2-6-18-30/h1-28H/i1D,2D,3D,4D,5D,6D,7D,8D,15D,16D,17D,18D,19D,20D. The number of hydrogen-bond acceptors (Lipinski definition) is 1. The smallest absolute Gasteiger partial charge is 0.136 e. The van der Waals surface area contributed by atoms with E-state index in [0.29, 0.717) is 65.7 Å². The van der Waals surface area contributed by atoms with E-state index in [1.165, 1.54) is 0 Å². The maximum absolute atomic E-state index is 9.35. The zero-order valence-corrected chi connectivity index (χ0v) is 23.5. The Balaban J connectivity index is 1.46. The summed E-state index contributed by atoms with van der Waals surface area (Å²) in [5.41, 5.74) is 2.38. The van der Waals surface area contributed by atoms with Crippen LogP contribution in [0.15, 0.2) is 174 Å². The number of rotatable bonds is 4. The van der Waals surface area contributed by atoms with Crippen molar-refractivity contribution in [1.82, 2.24) is 0 Å². The van der Waals surface area contributed by atoms with E-state index in [4.69, 9.17) is 22.2 Å². The summed E-state index contributed by atoms with van der Waals surface area (Å²) in [6.07, 6.45) is 0. The van der Waals surface area contributed by atoms with Crippen LogP contribution in [-0.4, -0.2) is 0 Å². The zero-order valence-electron chi connectivity index (χ0n) is 37.5. The van der Waals surface area contributed by atoms with Gasteiger partial charge in [-0.25, -0.2) is 0 Å². The van der Waals surface area contributed by atoms with Gasteiger partial charge in [0.25, 0.3) is 0 Å². The summed E-state index contributed by atoms with van der Waals surface area (Å²) in [4.78, 5) is 0. The maximum atomic E-state index is 9.35. The molecule has 0 spiro atoms. The lowest BCUT2D eigenvalue weighted by Gasteiger charge is -2.20. The van der Waals surface area contributed by atoms with E-state index in [9.17, 15) is 1.37 Å². The highest BCUT2D eigenvalue weighted by Gasteiger charge is 2.22. The number of hydrogen-bond donors (Lipinski definition) is 0. The van der Waals surface area contributed by atoms with Crippen molar-refractivity contribution in [1.29, 1.82) is 0 Å². The Labute approximate surface area is 281 Å². The van der Waals surface area contributed by atoms with Gasteiger partial charge < -0.3 is 4.42 Å². The maximum Gasteiger partial charge on any atom is 0.136 e. The predicted octanol–water partition coefficient (Wildman–Crippen LogP) is 12.6. The van der Waals surface area contributed by atoms with E-state index < -0.39 is 72.5 Å². The number of benzene rings is 8. The van der Waals surface area contributed by atoms with Crippen LogP contribution in [0.4, 0.5) is 0 Å². The van der Waals surface area contributed by atoms with Crippen LogP contribution in [0, 0.1) is 0 Å². The molecule has 0 bridgehead atoms. The van der Waals surface area contributed by atoms with Crippen LogP contribution in [0.25, 0.3) is 88.0 Å². The summed E-state index contributed by atoms with van der Waals surface area (Å²) in [5.74, 6) is 0. The SMILES string of the molecule is [2H]c1c([2H])c([2H])c(-c2c([2H])c([2H])c([2H])c([2H])c2-c2c3ccccc3c(-c3cccc4oc5cccc(-c6c([2H])c([2H])c([2H])c([2H])c6[2H])c5c34)c3ccccc23)c([2H])c1[2H]. The Hall–Kier alpha value is -5.92. The second-order valence-corrected chi connectivity index (χ2v) is 10.6. The van der Waals surface area contributed by atoms with E-state index in [1.54, 1.807) is 48.5 Å². The topological polar surface area (TPSA) is 13.1 Å². The van der Waals surface area contributed by atoms with Gasteiger partial charge in [0, 0.05) is 10.8 Å². The Morgan fingerprint density at radius 3 is 1.33 bits per heavy atom. The molecule has 210 valence electrons. The molecule has 0 amide bonds. The van der Waals surface area contributed by atoms with Crippen LogP contribution in [0.1, 0.15) is 19.2 Å². The van der Waals surface area contributed by atoms with Crippen LogP contribution in [0.5, 0.6) is 0 Å². The summed E-state index contributed by atoms with van der Waals surface area (Å²) in [5, 5.41) is 3.49. The normalized spacial score (nSPS) is 15.9. The molecule has 1 heteroatoms. The third-order valence-corrected chi connectivity index (χ3v) is 8.18. The fraction of sp³-hybridized carbons (Fsp3) is 0. The van der Waals surface area contributed by atoms with Crippen LogP contribution in [0.3, 0.4) is 0 Å². The fourth-order valence-electron chi connectivity index (χ4n) is 6.42. The molecule has 1 aromatic heterocycles. The van der Waals surface area contributed by atoms with Gasteiger partial charge in [0.1, 0.15) is 11.2 Å². The molecule has 45 heavy (non-hydrogen) atoms. The first-order chi connectivity index (χ1) is 28.2. The van der Waals surface area contributed by atoms with Gasteiger partial charge in [0.15, 0.2) is 0 Å². The molecule has 1 heterocycles. The lowest BCUT2D eigenvalue weighted by atomic mass is 9.83. The van der Waals surface area contributed by atoms with E-state index in [2.05, 4.69) is 0 Å². The quantitative estimate of drug-likeness (QED) is 0.187. The highest BCUT2D eigenvalue weighted by atomic mass is 16.3. The molecule has 0 aliphatic carbocycles. The Kier molecular flexibility index (Phi) is 3.50. The highest BCUT2D eigenvalue weighted by Crippen LogP contribution is 2.49. The predicted molar refractivity (Wildman–Crippen MR) is 190 cm³/mol. The van der Waals surface area contributed by atoms with Gasteiger partial charge in [0.05, 0.1) is 19.2 Å². The lowest BCUT2D eigenvalue weighted by Crippen LogP contribution is -1.93. The first-order valence-electron chi connectivity index (χ1n) is 21.3. The average molecular weight is 587 g/mol. The second kappa shape index (κ2) is 10.4. The van der Waals surface area contributed by atoms with Gasteiger partial charge in [-0.3, -0.25) is 0 Å². The molecule has 0 aliphatic rings. The largest absolute Gasteiger partial charge is 0.456 e. The highest BCUT2D eigenvalue weighted by molar-refractivity contribution is 6.27. The Morgan fingerprint density at radius 2 is 0.778 bits per heavy atom. The minimum absolute atomic E-state index is 0.0163. The molecule has 1 nitrogen and oxygen atoms in total. The molecule has 0 saturated carbocycles. The summed E-state index contributed by atoms with van der Waals surface area (Å²) < 4.78 is 128. The summed E-state index contributed by atoms with van der Waals surface area (Å²) in [6, 6.07) is 17.7. The molecule has 0 radical (unpaired) electrons. The summed E-state index contributed by atoms with van der Waals surface area (Å²) in [7, 11) is 0. The summed E-state index contributed by atoms with van der Waals surface area (Å²) >= 11 is 0. The van der Waals surface area contributed by atoms with Crippen LogP contribution >= 0.6 is 0 Å².